The average molecular weight is 895 g/mol. The zero-order chi connectivity index (χ0) is 48.1. The predicted molar refractivity (Wildman–Crippen MR) is 285 cm³/mol. The topological polar surface area (TPSA) is 36.9 Å². The highest BCUT2D eigenvalue weighted by Gasteiger charge is 2.08. The molecule has 1 unspecified atom stereocenters. The Hall–Kier alpha value is -3.92. The fraction of sp³-hybridized carbons (Fsp3) is 0.607. The lowest BCUT2D eigenvalue weighted by Gasteiger charge is -2.16. The molecule has 0 aromatic heterocycles. The average Bonchev–Trinajstić information content (AvgIpc) is 3.32. The monoisotopic (exact) mass is 895 g/mol. The van der Waals surface area contributed by atoms with Gasteiger partial charge in [-0.25, -0.2) is 0 Å². The molecule has 4 nitrogen and oxygen atoms in total. The van der Waals surface area contributed by atoms with Crippen LogP contribution in [0.1, 0.15) is 232 Å². The van der Waals surface area contributed by atoms with Gasteiger partial charge in [0.25, 0.3) is 0 Å². The molecule has 0 saturated carbocycles. The zero-order valence-corrected chi connectivity index (χ0v) is 44.2. The molecule has 0 aliphatic rings. The lowest BCUT2D eigenvalue weighted by molar-refractivity contribution is 0.233. The third-order valence-corrected chi connectivity index (χ3v) is 12.0. The van der Waals surface area contributed by atoms with E-state index < -0.39 is 0 Å². The highest BCUT2D eigenvalue weighted by atomic mass is 16.5. The molecule has 0 amide bonds. The van der Waals surface area contributed by atoms with Gasteiger partial charge < -0.3 is 18.9 Å². The molecule has 1 atom stereocenters. The molecule has 4 aromatic carbocycles. The van der Waals surface area contributed by atoms with Gasteiger partial charge in [0, 0.05) is 0 Å². The van der Waals surface area contributed by atoms with E-state index in [-0.39, 0.29) is 0 Å². The smallest absolute Gasteiger partial charge is 0.119 e. The first-order valence-corrected chi connectivity index (χ1v) is 26.2. The Balaban J connectivity index is 0.000000441. The summed E-state index contributed by atoms with van der Waals surface area (Å²) in [4.78, 5) is 0. The lowest BCUT2D eigenvalue weighted by Crippen LogP contribution is -2.11. The van der Waals surface area contributed by atoms with Crippen LogP contribution in [0.25, 0.3) is 0 Å². The van der Waals surface area contributed by atoms with Crippen molar-refractivity contribution in [3.8, 4) is 23.0 Å². The van der Waals surface area contributed by atoms with E-state index in [9.17, 15) is 0 Å². The van der Waals surface area contributed by atoms with Gasteiger partial charge in [-0.15, -0.1) is 0 Å². The molecule has 0 aliphatic carbocycles. The molecule has 4 heteroatoms. The summed E-state index contributed by atoms with van der Waals surface area (Å²) < 4.78 is 22.4. The number of ether oxygens (including phenoxy) is 4. The van der Waals surface area contributed by atoms with Crippen LogP contribution in [-0.2, 0) is 0 Å². The molecule has 0 aliphatic heterocycles. The van der Waals surface area contributed by atoms with E-state index >= 15 is 0 Å². The second-order valence-electron chi connectivity index (χ2n) is 19.1. The first-order chi connectivity index (χ1) is 31.4. The maximum Gasteiger partial charge on any atom is 0.119 e. The van der Waals surface area contributed by atoms with Gasteiger partial charge in [0.2, 0.25) is 0 Å². The van der Waals surface area contributed by atoms with Crippen LogP contribution in [0.2, 0.25) is 0 Å². The molecule has 0 heterocycles. The van der Waals surface area contributed by atoms with Crippen LogP contribution in [0, 0.1) is 5.92 Å². The van der Waals surface area contributed by atoms with E-state index in [1.165, 1.54) is 125 Å². The molecular formula is C61H98O4. The number of methoxy groups -OCH3 is 1. The van der Waals surface area contributed by atoms with Crippen LogP contribution in [0.3, 0.4) is 0 Å². The Morgan fingerprint density at radius 3 is 0.938 bits per heavy atom. The maximum atomic E-state index is 5.89. The molecule has 0 radical (unpaired) electrons. The first kappa shape index (κ1) is 59.1. The minimum absolute atomic E-state index is 0.590. The Bertz CT molecular complexity index is 1620. The molecular weight excluding hydrogens is 797 g/mol. The van der Waals surface area contributed by atoms with Gasteiger partial charge in [-0.1, -0.05) is 215 Å². The molecule has 4 aromatic rings. The number of benzene rings is 4. The number of hydrogen-bond donors (Lipinski definition) is 0. The van der Waals surface area contributed by atoms with Gasteiger partial charge in [-0.05, 0) is 120 Å². The van der Waals surface area contributed by atoms with Crippen LogP contribution < -0.4 is 18.9 Å². The SMILES string of the molecule is CCCCC(CC)COc1ccc(C(C)C)cc1.CCCCCCCCCCOc1ccc(C(C)C)cc1.CCCCCCOc1ccc(C(C)C)cc1.COc1ccc(C(C)C)cc1. The highest BCUT2D eigenvalue weighted by Crippen LogP contribution is 2.23. The van der Waals surface area contributed by atoms with Crippen molar-refractivity contribution in [1.29, 1.82) is 0 Å². The molecule has 0 saturated heterocycles. The Morgan fingerprint density at radius 2 is 0.631 bits per heavy atom. The Labute approximate surface area is 402 Å². The van der Waals surface area contributed by atoms with Crippen molar-refractivity contribution < 1.29 is 18.9 Å². The van der Waals surface area contributed by atoms with Crippen LogP contribution in [0.15, 0.2) is 97.1 Å². The number of hydrogen-bond acceptors (Lipinski definition) is 4. The van der Waals surface area contributed by atoms with E-state index in [2.05, 4.69) is 168 Å². The zero-order valence-electron chi connectivity index (χ0n) is 44.2. The van der Waals surface area contributed by atoms with E-state index in [1.54, 1.807) is 7.11 Å². The van der Waals surface area contributed by atoms with E-state index in [0.29, 0.717) is 29.6 Å². The summed E-state index contributed by atoms with van der Waals surface area (Å²) in [7, 11) is 1.68. The fourth-order valence-corrected chi connectivity index (χ4v) is 7.09. The third-order valence-electron chi connectivity index (χ3n) is 12.0. The maximum absolute atomic E-state index is 5.89. The second kappa shape index (κ2) is 38.2. The van der Waals surface area contributed by atoms with Gasteiger partial charge in [0.05, 0.1) is 26.9 Å². The third kappa shape index (κ3) is 29.4. The standard InChI is InChI=1S/C19H32O.C17H28O.C15H24O.C10H14O/c1-4-5-6-7-8-9-10-11-16-20-19-14-12-18(13-15-19)17(2)3;1-5-7-8-15(6-2)13-18-17-11-9-16(10-12-17)14(3)4;1-4-5-6-7-12-16-15-10-8-14(9-11-15)13(2)3;1-8(2)9-4-6-10(11-3)7-5-9/h12-15,17H,4-11,16H2,1-3H3;9-12,14-15H,5-8,13H2,1-4H3;8-11,13H,4-7,12H2,1-3H3;4-8H,1-3H3. The largest absolute Gasteiger partial charge is 0.497 e. The Kier molecular flexibility index (Phi) is 34.7. The normalized spacial score (nSPS) is 11.3. The van der Waals surface area contributed by atoms with Gasteiger partial charge in [0.15, 0.2) is 0 Å². The summed E-state index contributed by atoms with van der Waals surface area (Å²) in [5.41, 5.74) is 5.48. The molecule has 0 N–H and O–H groups in total. The lowest BCUT2D eigenvalue weighted by atomic mass is 10.0. The van der Waals surface area contributed by atoms with Crippen molar-refractivity contribution in [3.05, 3.63) is 119 Å². The molecule has 65 heavy (non-hydrogen) atoms. The second-order valence-corrected chi connectivity index (χ2v) is 19.1. The van der Waals surface area contributed by atoms with E-state index in [0.717, 1.165) is 42.8 Å². The summed E-state index contributed by atoms with van der Waals surface area (Å²) in [6.07, 6.45) is 20.9. The highest BCUT2D eigenvalue weighted by molar-refractivity contribution is 5.31. The van der Waals surface area contributed by atoms with Crippen molar-refractivity contribution in [2.75, 3.05) is 26.9 Å². The van der Waals surface area contributed by atoms with Gasteiger partial charge >= 0.3 is 0 Å². The minimum atomic E-state index is 0.590. The summed E-state index contributed by atoms with van der Waals surface area (Å²) in [5.74, 6) is 7.03. The van der Waals surface area contributed by atoms with Crippen molar-refractivity contribution >= 4 is 0 Å². The van der Waals surface area contributed by atoms with Crippen LogP contribution in [0.4, 0.5) is 0 Å². The molecule has 4 rings (SSSR count). The molecule has 366 valence electrons. The van der Waals surface area contributed by atoms with Crippen LogP contribution in [-0.4, -0.2) is 26.9 Å². The number of unbranched alkanes of at least 4 members (excludes halogenated alkanes) is 11. The van der Waals surface area contributed by atoms with Gasteiger partial charge in [0.1, 0.15) is 23.0 Å². The minimum Gasteiger partial charge on any atom is -0.497 e. The van der Waals surface area contributed by atoms with Crippen molar-refractivity contribution in [3.63, 3.8) is 0 Å². The molecule has 0 bridgehead atoms. The quantitative estimate of drug-likeness (QED) is 0.0532. The van der Waals surface area contributed by atoms with Crippen molar-refractivity contribution in [2.24, 2.45) is 5.92 Å². The van der Waals surface area contributed by atoms with Gasteiger partial charge in [-0.2, -0.15) is 0 Å². The van der Waals surface area contributed by atoms with Crippen LogP contribution >= 0.6 is 0 Å². The van der Waals surface area contributed by atoms with E-state index in [1.807, 2.05) is 12.1 Å². The van der Waals surface area contributed by atoms with Crippen molar-refractivity contribution in [2.45, 2.75) is 209 Å². The summed E-state index contributed by atoms with van der Waals surface area (Å²) in [6, 6.07) is 33.8. The van der Waals surface area contributed by atoms with Crippen LogP contribution in [0.5, 0.6) is 23.0 Å². The summed E-state index contributed by atoms with van der Waals surface area (Å²) in [5, 5.41) is 0. The summed E-state index contributed by atoms with van der Waals surface area (Å²) in [6.45, 7) is 29.2. The first-order valence-electron chi connectivity index (χ1n) is 26.2. The van der Waals surface area contributed by atoms with E-state index in [4.69, 9.17) is 18.9 Å². The number of rotatable bonds is 28. The summed E-state index contributed by atoms with van der Waals surface area (Å²) >= 11 is 0. The molecule has 0 fully saturated rings. The predicted octanol–water partition coefficient (Wildman–Crippen LogP) is 19.3. The fourth-order valence-electron chi connectivity index (χ4n) is 7.09. The Morgan fingerprint density at radius 1 is 0.338 bits per heavy atom. The van der Waals surface area contributed by atoms with Crippen molar-refractivity contribution in [1.82, 2.24) is 0 Å². The molecule has 0 spiro atoms. The van der Waals surface area contributed by atoms with Gasteiger partial charge in [-0.3, -0.25) is 0 Å².